The summed E-state index contributed by atoms with van der Waals surface area (Å²) in [6, 6.07) is 0.478. The van der Waals surface area contributed by atoms with E-state index in [1.54, 1.807) is 0 Å². The van der Waals surface area contributed by atoms with E-state index in [0.29, 0.717) is 19.6 Å². The van der Waals surface area contributed by atoms with Gasteiger partial charge < -0.3 is 9.47 Å². The molecule has 2 aliphatic heterocycles. The Morgan fingerprint density at radius 3 is 1.47 bits per heavy atom. The molecule has 0 fully saturated rings. The van der Waals surface area contributed by atoms with E-state index < -0.39 is 0 Å². The monoisotopic (exact) mass is 266 g/mol. The van der Waals surface area contributed by atoms with Crippen molar-refractivity contribution in [2.24, 2.45) is 20.8 Å². The zero-order valence-corrected chi connectivity index (χ0v) is 13.0. The summed E-state index contributed by atoms with van der Waals surface area (Å²) in [7, 11) is 0. The molecule has 0 aromatic heterocycles. The van der Waals surface area contributed by atoms with Gasteiger partial charge in [-0.05, 0) is 10.8 Å². The second kappa shape index (κ2) is 4.80. The normalized spacial score (nSPS) is 27.7. The highest BCUT2D eigenvalue weighted by Gasteiger charge is 2.33. The summed E-state index contributed by atoms with van der Waals surface area (Å²) < 4.78 is 11.3. The van der Waals surface area contributed by atoms with E-state index in [1.807, 2.05) is 0 Å². The molecule has 0 radical (unpaired) electrons. The van der Waals surface area contributed by atoms with Gasteiger partial charge >= 0.3 is 0 Å². The van der Waals surface area contributed by atoms with Crippen molar-refractivity contribution < 1.29 is 9.47 Å². The Hall–Kier alpha value is -1.06. The third-order valence-electron chi connectivity index (χ3n) is 3.72. The van der Waals surface area contributed by atoms with Crippen molar-refractivity contribution in [3.8, 4) is 0 Å². The Morgan fingerprint density at radius 2 is 1.21 bits per heavy atom. The summed E-state index contributed by atoms with van der Waals surface area (Å²) in [6.45, 7) is 14.5. The first-order valence-electron chi connectivity index (χ1n) is 7.05. The first-order valence-corrected chi connectivity index (χ1v) is 7.05. The summed E-state index contributed by atoms with van der Waals surface area (Å²) in [5.74, 6) is 1.54. The molecule has 0 saturated heterocycles. The lowest BCUT2D eigenvalue weighted by molar-refractivity contribution is 0.228. The minimum absolute atomic E-state index is 0.147. The Morgan fingerprint density at radius 1 is 0.842 bits per heavy atom. The highest BCUT2D eigenvalue weighted by molar-refractivity contribution is 5.98. The van der Waals surface area contributed by atoms with Crippen molar-refractivity contribution in [3.05, 3.63) is 0 Å². The Bertz CT molecular complexity index is 361. The number of aliphatic imine (C=N–C) groups is 2. The van der Waals surface area contributed by atoms with E-state index in [1.165, 1.54) is 0 Å². The quantitative estimate of drug-likeness (QED) is 0.771. The average molecular weight is 266 g/mol. The van der Waals surface area contributed by atoms with Crippen molar-refractivity contribution in [3.63, 3.8) is 0 Å². The van der Waals surface area contributed by atoms with Gasteiger partial charge in [0.1, 0.15) is 13.2 Å². The second-order valence-electron chi connectivity index (χ2n) is 7.61. The van der Waals surface area contributed by atoms with Gasteiger partial charge in [0.05, 0.1) is 18.5 Å². The van der Waals surface area contributed by atoms with Crippen LogP contribution in [0.1, 0.15) is 48.0 Å². The van der Waals surface area contributed by atoms with Gasteiger partial charge in [-0.25, -0.2) is 9.98 Å². The number of hydrogen-bond acceptors (Lipinski definition) is 4. The molecule has 4 heteroatoms. The standard InChI is InChI=1S/C15H26N2O2/c1-14(2,3)10-8-18-12(16-10)7-13-17-11(9-19-13)15(4,5)6/h10-11H,7-9H2,1-6H3/t10-,11-/m1/s1. The minimum atomic E-state index is 0.147. The van der Waals surface area contributed by atoms with E-state index in [-0.39, 0.29) is 22.9 Å². The van der Waals surface area contributed by atoms with Crippen LogP contribution in [-0.2, 0) is 9.47 Å². The molecule has 0 aromatic carbocycles. The number of nitrogens with zero attached hydrogens (tertiary/aromatic N) is 2. The van der Waals surface area contributed by atoms with E-state index in [0.717, 1.165) is 11.8 Å². The summed E-state index contributed by atoms with van der Waals surface area (Å²) in [6.07, 6.45) is 0.596. The van der Waals surface area contributed by atoms with Crippen molar-refractivity contribution in [1.29, 1.82) is 0 Å². The topological polar surface area (TPSA) is 43.2 Å². The SMILES string of the molecule is CC(C)(C)[C@H]1COC(CC2=N[C@@H](C(C)(C)C)CO2)=N1. The van der Waals surface area contributed by atoms with Crippen molar-refractivity contribution >= 4 is 11.8 Å². The van der Waals surface area contributed by atoms with Crippen LogP contribution in [0.5, 0.6) is 0 Å². The molecule has 19 heavy (non-hydrogen) atoms. The first kappa shape index (κ1) is 14.4. The fourth-order valence-electron chi connectivity index (χ4n) is 2.06. The summed E-state index contributed by atoms with van der Waals surface area (Å²) in [4.78, 5) is 9.29. The van der Waals surface area contributed by atoms with E-state index in [9.17, 15) is 0 Å². The van der Waals surface area contributed by atoms with Crippen molar-refractivity contribution in [1.82, 2.24) is 0 Å². The molecule has 0 N–H and O–H groups in total. The number of hydrogen-bond donors (Lipinski definition) is 0. The van der Waals surface area contributed by atoms with Crippen LogP contribution in [0.2, 0.25) is 0 Å². The predicted molar refractivity (Wildman–Crippen MR) is 77.9 cm³/mol. The molecule has 0 aliphatic carbocycles. The zero-order valence-electron chi connectivity index (χ0n) is 13.0. The van der Waals surface area contributed by atoms with Crippen LogP contribution in [-0.4, -0.2) is 37.1 Å². The van der Waals surface area contributed by atoms with Crippen molar-refractivity contribution in [2.45, 2.75) is 60.0 Å². The van der Waals surface area contributed by atoms with E-state index in [4.69, 9.17) is 9.47 Å². The first-order chi connectivity index (χ1) is 8.66. The van der Waals surface area contributed by atoms with Crippen LogP contribution in [0.25, 0.3) is 0 Å². The molecular formula is C15H26N2O2. The maximum absolute atomic E-state index is 5.66. The van der Waals surface area contributed by atoms with Gasteiger partial charge in [0.15, 0.2) is 11.8 Å². The van der Waals surface area contributed by atoms with E-state index in [2.05, 4.69) is 51.5 Å². The Labute approximate surface area is 116 Å². The van der Waals surface area contributed by atoms with Crippen LogP contribution < -0.4 is 0 Å². The highest BCUT2D eigenvalue weighted by Crippen LogP contribution is 2.29. The van der Waals surface area contributed by atoms with Gasteiger partial charge in [-0.1, -0.05) is 41.5 Å². The molecule has 2 heterocycles. The van der Waals surface area contributed by atoms with Gasteiger partial charge in [-0.2, -0.15) is 0 Å². The fourth-order valence-corrected chi connectivity index (χ4v) is 2.06. The summed E-state index contributed by atoms with van der Waals surface area (Å²) >= 11 is 0. The Balaban J connectivity index is 1.97. The van der Waals surface area contributed by atoms with Gasteiger partial charge in [0.2, 0.25) is 0 Å². The Kier molecular flexibility index (Phi) is 3.63. The van der Waals surface area contributed by atoms with Crippen LogP contribution in [0.4, 0.5) is 0 Å². The molecule has 0 spiro atoms. The lowest BCUT2D eigenvalue weighted by atomic mass is 9.88. The number of rotatable bonds is 2. The lowest BCUT2D eigenvalue weighted by Gasteiger charge is -2.21. The maximum Gasteiger partial charge on any atom is 0.193 e. The average Bonchev–Trinajstić information content (AvgIpc) is 2.84. The maximum atomic E-state index is 5.66. The van der Waals surface area contributed by atoms with Crippen LogP contribution >= 0.6 is 0 Å². The molecule has 108 valence electrons. The molecule has 4 nitrogen and oxygen atoms in total. The summed E-state index contributed by atoms with van der Waals surface area (Å²) in [5.41, 5.74) is 0.294. The minimum Gasteiger partial charge on any atom is -0.478 e. The molecular weight excluding hydrogens is 240 g/mol. The molecule has 0 bridgehead atoms. The molecule has 0 saturated carbocycles. The molecule has 2 rings (SSSR count). The van der Waals surface area contributed by atoms with Gasteiger partial charge in [0.25, 0.3) is 0 Å². The van der Waals surface area contributed by atoms with Crippen LogP contribution in [0.15, 0.2) is 9.98 Å². The predicted octanol–water partition coefficient (Wildman–Crippen LogP) is 3.06. The van der Waals surface area contributed by atoms with E-state index >= 15 is 0 Å². The number of ether oxygens (including phenoxy) is 2. The summed E-state index contributed by atoms with van der Waals surface area (Å²) in [5, 5.41) is 0. The van der Waals surface area contributed by atoms with Gasteiger partial charge in [-0.15, -0.1) is 0 Å². The van der Waals surface area contributed by atoms with Gasteiger partial charge in [-0.3, -0.25) is 0 Å². The zero-order chi connectivity index (χ0) is 14.3. The third-order valence-corrected chi connectivity index (χ3v) is 3.72. The molecule has 2 aliphatic rings. The highest BCUT2D eigenvalue weighted by atomic mass is 16.5. The molecule has 2 atom stereocenters. The van der Waals surface area contributed by atoms with Gasteiger partial charge in [0, 0.05) is 0 Å². The molecule has 0 amide bonds. The molecule has 0 unspecified atom stereocenters. The van der Waals surface area contributed by atoms with Crippen molar-refractivity contribution in [2.75, 3.05) is 13.2 Å². The lowest BCUT2D eigenvalue weighted by Crippen LogP contribution is -2.25. The van der Waals surface area contributed by atoms with Crippen LogP contribution in [0.3, 0.4) is 0 Å². The fraction of sp³-hybridized carbons (Fsp3) is 0.867. The molecule has 0 aromatic rings. The largest absolute Gasteiger partial charge is 0.478 e. The second-order valence-corrected chi connectivity index (χ2v) is 7.61. The third kappa shape index (κ3) is 3.48. The van der Waals surface area contributed by atoms with Crippen LogP contribution in [0, 0.1) is 10.8 Å². The smallest absolute Gasteiger partial charge is 0.193 e.